The summed E-state index contributed by atoms with van der Waals surface area (Å²) in [7, 11) is 1.83. The first kappa shape index (κ1) is 17.3. The van der Waals surface area contributed by atoms with Crippen LogP contribution in [-0.2, 0) is 20.1 Å². The Morgan fingerprint density at radius 2 is 2.04 bits per heavy atom. The molecule has 3 aromatic rings. The Morgan fingerprint density at radius 1 is 1.19 bits per heavy atom. The second-order valence-electron chi connectivity index (χ2n) is 6.50. The van der Waals surface area contributed by atoms with Crippen molar-refractivity contribution in [3.8, 4) is 0 Å². The Kier molecular flexibility index (Phi) is 5.10. The Bertz CT molecular complexity index is 860. The molecule has 0 bridgehead atoms. The Labute approximate surface area is 157 Å². The lowest BCUT2D eigenvalue weighted by molar-refractivity contribution is 0.201. The zero-order chi connectivity index (χ0) is 17.9. The lowest BCUT2D eigenvalue weighted by Gasteiger charge is -2.27. The molecule has 0 unspecified atom stereocenters. The second-order valence-corrected chi connectivity index (χ2v) is 7.67. The van der Waals surface area contributed by atoms with Crippen molar-refractivity contribution in [1.82, 2.24) is 24.5 Å². The largest absolute Gasteiger partial charge is 0.380 e. The number of aliphatic hydroxyl groups is 1. The molecule has 1 aliphatic heterocycles. The van der Waals surface area contributed by atoms with E-state index in [-0.39, 0.29) is 0 Å². The van der Waals surface area contributed by atoms with Crippen molar-refractivity contribution in [2.24, 2.45) is 7.05 Å². The van der Waals surface area contributed by atoms with E-state index < -0.39 is 6.10 Å². The molecule has 136 valence electrons. The molecule has 0 spiro atoms. The highest BCUT2D eigenvalue weighted by Crippen LogP contribution is 2.24. The summed E-state index contributed by atoms with van der Waals surface area (Å²) in [5.41, 5.74) is 2.62. The summed E-state index contributed by atoms with van der Waals surface area (Å²) in [5.74, 6) is 1.07. The van der Waals surface area contributed by atoms with Crippen LogP contribution in [0, 0.1) is 0 Å². The third kappa shape index (κ3) is 3.70. The van der Waals surface area contributed by atoms with Gasteiger partial charge in [-0.1, -0.05) is 18.2 Å². The van der Waals surface area contributed by atoms with E-state index >= 15 is 0 Å². The van der Waals surface area contributed by atoms with Gasteiger partial charge in [0, 0.05) is 43.5 Å². The van der Waals surface area contributed by atoms with E-state index in [1.165, 1.54) is 4.90 Å². The number of hydrogen-bond acceptors (Lipinski definition) is 5. The highest BCUT2D eigenvalue weighted by Gasteiger charge is 2.23. The summed E-state index contributed by atoms with van der Waals surface area (Å²) in [4.78, 5) is 3.77. The van der Waals surface area contributed by atoms with E-state index in [2.05, 4.69) is 39.4 Å². The maximum atomic E-state index is 10.6. The average molecular weight is 369 g/mol. The summed E-state index contributed by atoms with van der Waals surface area (Å²) in [5, 5.41) is 19.3. The summed E-state index contributed by atoms with van der Waals surface area (Å²) in [6.45, 7) is 3.78. The van der Waals surface area contributed by atoms with Crippen LogP contribution in [-0.4, -0.2) is 48.4 Å². The minimum Gasteiger partial charge on any atom is -0.380 e. The van der Waals surface area contributed by atoms with Gasteiger partial charge < -0.3 is 5.11 Å². The summed E-state index contributed by atoms with van der Waals surface area (Å²) in [6, 6.07) is 14.4. The van der Waals surface area contributed by atoms with Gasteiger partial charge in [0.05, 0.1) is 23.6 Å². The molecule has 6 nitrogen and oxygen atoms in total. The Hall–Kier alpha value is -2.09. The first-order valence-corrected chi connectivity index (χ1v) is 9.82. The van der Waals surface area contributed by atoms with Crippen molar-refractivity contribution in [2.45, 2.75) is 24.1 Å². The standard InChI is InChI=1S/C19H23N5OS/c1-22-18(7-8-20-22)19(25)17-13-15-14-23(9-10-24(15)21-17)11-12-26-16-5-3-2-4-6-16/h2-8,13,19,25H,9-12,14H2,1H3/t19-/m0/s1. The molecule has 1 aromatic carbocycles. The number of hydrogen-bond donors (Lipinski definition) is 1. The molecule has 3 heterocycles. The van der Waals surface area contributed by atoms with Gasteiger partial charge in [0.25, 0.3) is 0 Å². The number of rotatable bonds is 6. The SMILES string of the molecule is Cn1nccc1[C@@H](O)c1cc2n(n1)CCN(CCSc1ccccc1)C2. The number of aliphatic hydroxyl groups excluding tert-OH is 1. The Balaban J connectivity index is 1.37. The fourth-order valence-corrected chi connectivity index (χ4v) is 4.22. The van der Waals surface area contributed by atoms with E-state index in [1.54, 1.807) is 10.9 Å². The molecule has 0 saturated carbocycles. The minimum atomic E-state index is -0.734. The second kappa shape index (κ2) is 7.65. The number of nitrogens with zero attached hydrogens (tertiary/aromatic N) is 5. The minimum absolute atomic E-state index is 0.698. The van der Waals surface area contributed by atoms with Gasteiger partial charge >= 0.3 is 0 Å². The van der Waals surface area contributed by atoms with Gasteiger partial charge in [0.1, 0.15) is 6.10 Å². The molecule has 0 radical (unpaired) electrons. The number of aromatic nitrogens is 4. The van der Waals surface area contributed by atoms with Crippen molar-refractivity contribution in [3.63, 3.8) is 0 Å². The molecule has 1 aliphatic rings. The van der Waals surface area contributed by atoms with Gasteiger partial charge in [-0.25, -0.2) is 0 Å². The summed E-state index contributed by atoms with van der Waals surface area (Å²) in [6.07, 6.45) is 0.961. The average Bonchev–Trinajstić information content (AvgIpc) is 3.28. The van der Waals surface area contributed by atoms with E-state index in [1.807, 2.05) is 41.7 Å². The van der Waals surface area contributed by atoms with Crippen LogP contribution < -0.4 is 0 Å². The molecule has 2 aromatic heterocycles. The third-order valence-corrected chi connectivity index (χ3v) is 5.73. The number of benzene rings is 1. The normalized spacial score (nSPS) is 15.8. The predicted molar refractivity (Wildman–Crippen MR) is 102 cm³/mol. The fourth-order valence-electron chi connectivity index (χ4n) is 3.28. The van der Waals surface area contributed by atoms with Crippen LogP contribution in [0.2, 0.25) is 0 Å². The van der Waals surface area contributed by atoms with Crippen molar-refractivity contribution < 1.29 is 5.11 Å². The summed E-state index contributed by atoms with van der Waals surface area (Å²) >= 11 is 1.89. The van der Waals surface area contributed by atoms with E-state index in [0.29, 0.717) is 5.69 Å². The van der Waals surface area contributed by atoms with E-state index in [9.17, 15) is 5.11 Å². The molecule has 7 heteroatoms. The molecule has 1 atom stereocenters. The first-order chi connectivity index (χ1) is 12.7. The first-order valence-electron chi connectivity index (χ1n) is 8.83. The quantitative estimate of drug-likeness (QED) is 0.676. The number of thioether (sulfide) groups is 1. The topological polar surface area (TPSA) is 59.1 Å². The van der Waals surface area contributed by atoms with Crippen LogP contribution in [0.4, 0.5) is 0 Å². The molecule has 4 rings (SSSR count). The maximum Gasteiger partial charge on any atom is 0.139 e. The molecule has 26 heavy (non-hydrogen) atoms. The van der Waals surface area contributed by atoms with Crippen LogP contribution in [0.25, 0.3) is 0 Å². The van der Waals surface area contributed by atoms with Crippen molar-refractivity contribution >= 4 is 11.8 Å². The van der Waals surface area contributed by atoms with Crippen molar-refractivity contribution in [1.29, 1.82) is 0 Å². The molecule has 1 N–H and O–H groups in total. The van der Waals surface area contributed by atoms with Crippen LogP contribution in [0.15, 0.2) is 53.6 Å². The molecule has 0 aliphatic carbocycles. The van der Waals surface area contributed by atoms with Gasteiger partial charge in [-0.2, -0.15) is 10.2 Å². The number of fused-ring (bicyclic) bond motifs is 1. The van der Waals surface area contributed by atoms with Gasteiger partial charge in [0.15, 0.2) is 0 Å². The van der Waals surface area contributed by atoms with Crippen LogP contribution in [0.1, 0.15) is 23.2 Å². The zero-order valence-electron chi connectivity index (χ0n) is 14.8. The van der Waals surface area contributed by atoms with Gasteiger partial charge in [-0.05, 0) is 24.3 Å². The van der Waals surface area contributed by atoms with Gasteiger partial charge in [0.2, 0.25) is 0 Å². The molecule has 0 amide bonds. The fraction of sp³-hybridized carbons (Fsp3) is 0.368. The number of aryl methyl sites for hydroxylation is 1. The molecule has 0 saturated heterocycles. The van der Waals surface area contributed by atoms with Gasteiger partial charge in [-0.3, -0.25) is 14.3 Å². The highest BCUT2D eigenvalue weighted by molar-refractivity contribution is 7.99. The summed E-state index contributed by atoms with van der Waals surface area (Å²) < 4.78 is 3.71. The third-order valence-electron chi connectivity index (χ3n) is 4.73. The lowest BCUT2D eigenvalue weighted by atomic mass is 10.1. The van der Waals surface area contributed by atoms with E-state index in [0.717, 1.165) is 43.3 Å². The Morgan fingerprint density at radius 3 is 2.81 bits per heavy atom. The maximum absolute atomic E-state index is 10.6. The molecular weight excluding hydrogens is 346 g/mol. The van der Waals surface area contributed by atoms with Gasteiger partial charge in [-0.15, -0.1) is 11.8 Å². The monoisotopic (exact) mass is 369 g/mol. The predicted octanol–water partition coefficient (Wildman–Crippen LogP) is 2.31. The molecule has 0 fully saturated rings. The smallest absolute Gasteiger partial charge is 0.139 e. The van der Waals surface area contributed by atoms with Crippen LogP contribution >= 0.6 is 11.8 Å². The van der Waals surface area contributed by atoms with Crippen LogP contribution in [0.3, 0.4) is 0 Å². The van der Waals surface area contributed by atoms with Crippen molar-refractivity contribution in [3.05, 3.63) is 65.7 Å². The highest BCUT2D eigenvalue weighted by atomic mass is 32.2. The van der Waals surface area contributed by atoms with E-state index in [4.69, 9.17) is 0 Å². The zero-order valence-corrected chi connectivity index (χ0v) is 15.6. The lowest BCUT2D eigenvalue weighted by Crippen LogP contribution is -2.35. The van der Waals surface area contributed by atoms with Crippen LogP contribution in [0.5, 0.6) is 0 Å². The van der Waals surface area contributed by atoms with Crippen molar-refractivity contribution in [2.75, 3.05) is 18.8 Å². The molecular formula is C19H23N5OS.